The van der Waals surface area contributed by atoms with E-state index in [1.165, 1.54) is 0 Å². The summed E-state index contributed by atoms with van der Waals surface area (Å²) in [7, 11) is 0. The molecule has 130 valence electrons. The number of hydrogen-bond donors (Lipinski definition) is 1. The van der Waals surface area contributed by atoms with Crippen molar-refractivity contribution < 1.29 is 9.21 Å². The van der Waals surface area contributed by atoms with Gasteiger partial charge in [-0.3, -0.25) is 4.79 Å². The lowest BCUT2D eigenvalue weighted by molar-refractivity contribution is 0.0891. The fourth-order valence-electron chi connectivity index (χ4n) is 3.29. The van der Waals surface area contributed by atoms with Crippen molar-refractivity contribution in [1.29, 1.82) is 0 Å². The van der Waals surface area contributed by atoms with Crippen LogP contribution in [0.15, 0.2) is 47.9 Å². The van der Waals surface area contributed by atoms with Crippen molar-refractivity contribution in [2.24, 2.45) is 0 Å². The van der Waals surface area contributed by atoms with Gasteiger partial charge in [0.1, 0.15) is 18.4 Å². The van der Waals surface area contributed by atoms with Crippen LogP contribution in [0.5, 0.6) is 0 Å². The Morgan fingerprint density at radius 1 is 1.20 bits per heavy atom. The van der Waals surface area contributed by atoms with Gasteiger partial charge in [-0.25, -0.2) is 14.6 Å². The fraction of sp³-hybridized carbons (Fsp3) is 0.412. The molecule has 4 rings (SSSR count). The zero-order valence-electron chi connectivity index (χ0n) is 13.8. The molecule has 0 atom stereocenters. The second-order valence-electron chi connectivity index (χ2n) is 6.36. The number of hydrogen-bond acceptors (Lipinski definition) is 5. The minimum atomic E-state index is -0.152. The van der Waals surface area contributed by atoms with E-state index < -0.39 is 0 Å². The van der Waals surface area contributed by atoms with Gasteiger partial charge < -0.3 is 14.3 Å². The van der Waals surface area contributed by atoms with Gasteiger partial charge in [0, 0.05) is 18.4 Å². The number of aromatic nitrogens is 5. The first-order valence-corrected chi connectivity index (χ1v) is 8.47. The van der Waals surface area contributed by atoms with Crippen molar-refractivity contribution in [2.75, 3.05) is 0 Å². The zero-order chi connectivity index (χ0) is 17.1. The summed E-state index contributed by atoms with van der Waals surface area (Å²) in [6.07, 6.45) is 12.4. The van der Waals surface area contributed by atoms with E-state index in [1.54, 1.807) is 31.2 Å². The smallest absolute Gasteiger partial charge is 0.287 e. The molecule has 0 bridgehead atoms. The molecular weight excluding hydrogens is 320 g/mol. The Kier molecular flexibility index (Phi) is 4.32. The first kappa shape index (κ1) is 15.6. The van der Waals surface area contributed by atoms with Gasteiger partial charge >= 0.3 is 0 Å². The van der Waals surface area contributed by atoms with Gasteiger partial charge in [-0.2, -0.15) is 5.10 Å². The summed E-state index contributed by atoms with van der Waals surface area (Å²) in [6, 6.07) is 4.11. The molecule has 0 aromatic carbocycles. The second-order valence-corrected chi connectivity index (χ2v) is 6.36. The summed E-state index contributed by atoms with van der Waals surface area (Å²) in [4.78, 5) is 20.4. The van der Waals surface area contributed by atoms with Gasteiger partial charge in [0.05, 0.1) is 18.9 Å². The number of furan rings is 1. The quantitative estimate of drug-likeness (QED) is 0.767. The molecule has 0 spiro atoms. The summed E-state index contributed by atoms with van der Waals surface area (Å²) in [5.74, 6) is 0.938. The third-order valence-electron chi connectivity index (χ3n) is 4.63. The summed E-state index contributed by atoms with van der Waals surface area (Å²) in [5.41, 5.74) is 0. The normalized spacial score (nSPS) is 20.5. The topological polar surface area (TPSA) is 90.8 Å². The van der Waals surface area contributed by atoms with Crippen LogP contribution < -0.4 is 5.32 Å². The Hall–Kier alpha value is -2.90. The lowest BCUT2D eigenvalue weighted by atomic mass is 9.91. The summed E-state index contributed by atoms with van der Waals surface area (Å²) in [5, 5.41) is 7.28. The van der Waals surface area contributed by atoms with Crippen molar-refractivity contribution in [2.45, 2.75) is 44.3 Å². The standard InChI is InChI=1S/C17H20N6O2/c24-17(16-6-5-15(25-16)9-22-8-7-18-11-22)21-13-1-3-14(4-2-13)23-12-19-10-20-23/h5-8,10-14H,1-4,9H2,(H,21,24). The van der Waals surface area contributed by atoms with Crippen LogP contribution in [0.1, 0.15) is 48.0 Å². The molecule has 25 heavy (non-hydrogen) atoms. The SMILES string of the molecule is O=C(NC1CCC(n2cncn2)CC1)c1ccc(Cn2ccnc2)o1. The molecule has 0 saturated heterocycles. The van der Waals surface area contributed by atoms with Crippen molar-refractivity contribution in [3.8, 4) is 0 Å². The van der Waals surface area contributed by atoms with E-state index in [0.717, 1.165) is 31.4 Å². The molecule has 0 aliphatic heterocycles. The van der Waals surface area contributed by atoms with Crippen molar-refractivity contribution in [3.63, 3.8) is 0 Å². The molecule has 1 amide bonds. The van der Waals surface area contributed by atoms with Gasteiger partial charge in [0.2, 0.25) is 0 Å². The first-order chi connectivity index (χ1) is 12.3. The van der Waals surface area contributed by atoms with Gasteiger partial charge in [0.15, 0.2) is 5.76 Å². The fourth-order valence-corrected chi connectivity index (χ4v) is 3.29. The molecule has 8 nitrogen and oxygen atoms in total. The zero-order valence-corrected chi connectivity index (χ0v) is 13.8. The molecule has 0 unspecified atom stereocenters. The van der Waals surface area contributed by atoms with Crippen molar-refractivity contribution >= 4 is 5.91 Å². The predicted molar refractivity (Wildman–Crippen MR) is 88.8 cm³/mol. The third kappa shape index (κ3) is 3.62. The van der Waals surface area contributed by atoms with Crippen LogP contribution in [0.2, 0.25) is 0 Å². The lowest BCUT2D eigenvalue weighted by Gasteiger charge is -2.28. The Balaban J connectivity index is 1.30. The number of imidazole rings is 1. The molecule has 3 aromatic rings. The molecule has 3 heterocycles. The van der Waals surface area contributed by atoms with E-state index in [-0.39, 0.29) is 11.9 Å². The maximum absolute atomic E-state index is 12.4. The number of rotatable bonds is 5. The molecule has 1 aliphatic rings. The largest absolute Gasteiger partial charge is 0.454 e. The molecule has 1 saturated carbocycles. The van der Waals surface area contributed by atoms with E-state index in [2.05, 4.69) is 20.4 Å². The molecule has 1 fully saturated rings. The summed E-state index contributed by atoms with van der Waals surface area (Å²) >= 11 is 0. The van der Waals surface area contributed by atoms with Crippen LogP contribution in [0, 0.1) is 0 Å². The van der Waals surface area contributed by atoms with Gasteiger partial charge in [-0.05, 0) is 37.8 Å². The summed E-state index contributed by atoms with van der Waals surface area (Å²) in [6.45, 7) is 0.566. The highest BCUT2D eigenvalue weighted by atomic mass is 16.4. The molecular formula is C17H20N6O2. The number of nitrogens with zero attached hydrogens (tertiary/aromatic N) is 5. The van der Waals surface area contributed by atoms with E-state index in [1.807, 2.05) is 21.5 Å². The maximum Gasteiger partial charge on any atom is 0.287 e. The molecule has 8 heteroatoms. The van der Waals surface area contributed by atoms with Gasteiger partial charge in [0.25, 0.3) is 5.91 Å². The number of carbonyl (C=O) groups is 1. The van der Waals surface area contributed by atoms with Crippen molar-refractivity contribution in [1.82, 2.24) is 29.6 Å². The predicted octanol–water partition coefficient (Wildman–Crippen LogP) is 2.03. The Morgan fingerprint density at radius 2 is 2.08 bits per heavy atom. The Bertz CT molecular complexity index is 800. The highest BCUT2D eigenvalue weighted by molar-refractivity contribution is 5.91. The van der Waals surface area contributed by atoms with Crippen LogP contribution in [-0.2, 0) is 6.54 Å². The van der Waals surface area contributed by atoms with Crippen LogP contribution in [0.3, 0.4) is 0 Å². The minimum Gasteiger partial charge on any atom is -0.454 e. The van der Waals surface area contributed by atoms with Crippen LogP contribution >= 0.6 is 0 Å². The Morgan fingerprint density at radius 3 is 2.80 bits per heavy atom. The van der Waals surface area contributed by atoms with Crippen LogP contribution in [0.25, 0.3) is 0 Å². The summed E-state index contributed by atoms with van der Waals surface area (Å²) < 4.78 is 9.46. The lowest BCUT2D eigenvalue weighted by Crippen LogP contribution is -2.37. The maximum atomic E-state index is 12.4. The first-order valence-electron chi connectivity index (χ1n) is 8.47. The number of carbonyl (C=O) groups excluding carboxylic acids is 1. The van der Waals surface area contributed by atoms with Gasteiger partial charge in [-0.1, -0.05) is 0 Å². The van der Waals surface area contributed by atoms with Crippen molar-refractivity contribution in [3.05, 3.63) is 55.0 Å². The average Bonchev–Trinajstić information content (AvgIpc) is 3.39. The van der Waals surface area contributed by atoms with E-state index in [0.29, 0.717) is 18.3 Å². The third-order valence-corrected chi connectivity index (χ3v) is 4.63. The van der Waals surface area contributed by atoms with Crippen LogP contribution in [0.4, 0.5) is 0 Å². The van der Waals surface area contributed by atoms with E-state index >= 15 is 0 Å². The Labute approximate surface area is 144 Å². The minimum absolute atomic E-state index is 0.152. The number of nitrogens with one attached hydrogen (secondary N) is 1. The second kappa shape index (κ2) is 6.92. The molecule has 3 aromatic heterocycles. The average molecular weight is 340 g/mol. The van der Waals surface area contributed by atoms with E-state index in [9.17, 15) is 4.79 Å². The molecule has 1 aliphatic carbocycles. The monoisotopic (exact) mass is 340 g/mol. The highest BCUT2D eigenvalue weighted by Crippen LogP contribution is 2.27. The van der Waals surface area contributed by atoms with Crippen LogP contribution in [-0.4, -0.2) is 36.3 Å². The van der Waals surface area contributed by atoms with E-state index in [4.69, 9.17) is 4.42 Å². The molecule has 1 N–H and O–H groups in total. The molecule has 0 radical (unpaired) electrons. The number of amides is 1. The highest BCUT2D eigenvalue weighted by Gasteiger charge is 2.25. The van der Waals surface area contributed by atoms with Gasteiger partial charge in [-0.15, -0.1) is 0 Å².